The minimum absolute atomic E-state index is 0.335. The topological polar surface area (TPSA) is 18.5 Å². The lowest BCUT2D eigenvalue weighted by Crippen LogP contribution is -1.94. The maximum atomic E-state index is 5.38. The van der Waals surface area contributed by atoms with E-state index in [0.717, 1.165) is 11.5 Å². The molecule has 0 amide bonds. The summed E-state index contributed by atoms with van der Waals surface area (Å²) in [7, 11) is 1.62. The summed E-state index contributed by atoms with van der Waals surface area (Å²) in [5.41, 5.74) is 0. The molecule has 0 aliphatic rings. The fraction of sp³-hybridized carbons (Fsp3) is 0.273. The van der Waals surface area contributed by atoms with Gasteiger partial charge in [-0.1, -0.05) is 17.9 Å². The van der Waals surface area contributed by atoms with Gasteiger partial charge in [0.25, 0.3) is 0 Å². The van der Waals surface area contributed by atoms with Gasteiger partial charge in [0, 0.05) is 6.07 Å². The number of alkyl halides is 1. The molecule has 0 radical (unpaired) electrons. The Morgan fingerprint density at radius 3 is 2.79 bits per heavy atom. The lowest BCUT2D eigenvalue weighted by Gasteiger charge is -2.03. The van der Waals surface area contributed by atoms with Crippen LogP contribution in [-0.4, -0.2) is 19.6 Å². The Bertz CT molecular complexity index is 339. The van der Waals surface area contributed by atoms with Crippen molar-refractivity contribution < 1.29 is 9.47 Å². The minimum atomic E-state index is 0.335. The fourth-order valence-corrected chi connectivity index (χ4v) is 1.00. The van der Waals surface area contributed by atoms with Crippen molar-refractivity contribution in [2.45, 2.75) is 0 Å². The Kier molecular flexibility index (Phi) is 4.74. The van der Waals surface area contributed by atoms with E-state index in [-0.39, 0.29) is 0 Å². The van der Waals surface area contributed by atoms with Crippen LogP contribution in [0.25, 0.3) is 0 Å². The van der Waals surface area contributed by atoms with Gasteiger partial charge in [-0.3, -0.25) is 0 Å². The molecule has 0 unspecified atom stereocenters. The predicted octanol–water partition coefficient (Wildman–Crippen LogP) is 2.32. The third kappa shape index (κ3) is 3.59. The highest BCUT2D eigenvalue weighted by molar-refractivity contribution is 6.19. The Morgan fingerprint density at radius 2 is 2.07 bits per heavy atom. The van der Waals surface area contributed by atoms with E-state index in [1.165, 1.54) is 0 Å². The highest BCUT2D eigenvalue weighted by Crippen LogP contribution is 2.18. The van der Waals surface area contributed by atoms with Crippen LogP contribution in [0.15, 0.2) is 24.3 Å². The van der Waals surface area contributed by atoms with E-state index in [9.17, 15) is 0 Å². The van der Waals surface area contributed by atoms with Crippen molar-refractivity contribution in [2.24, 2.45) is 0 Å². The Labute approximate surface area is 88.8 Å². The molecule has 2 nitrogen and oxygen atoms in total. The molecule has 0 atom stereocenters. The summed E-state index contributed by atoms with van der Waals surface area (Å²) in [6.45, 7) is 0.347. The zero-order valence-corrected chi connectivity index (χ0v) is 8.67. The number of rotatable bonds is 3. The Morgan fingerprint density at radius 1 is 1.29 bits per heavy atom. The smallest absolute Gasteiger partial charge is 0.149 e. The van der Waals surface area contributed by atoms with Crippen LogP contribution >= 0.6 is 11.6 Å². The summed E-state index contributed by atoms with van der Waals surface area (Å²) in [6.07, 6.45) is 0. The molecule has 3 heteroatoms. The van der Waals surface area contributed by atoms with E-state index in [0.29, 0.717) is 12.5 Å². The van der Waals surface area contributed by atoms with Gasteiger partial charge in [0.15, 0.2) is 0 Å². The largest absolute Gasteiger partial charge is 0.497 e. The molecule has 74 valence electrons. The molecule has 0 aliphatic carbocycles. The quantitative estimate of drug-likeness (QED) is 0.563. The van der Waals surface area contributed by atoms with Crippen LogP contribution in [0, 0.1) is 11.8 Å². The Hall–Kier alpha value is -1.33. The van der Waals surface area contributed by atoms with E-state index in [2.05, 4.69) is 11.8 Å². The van der Waals surface area contributed by atoms with Crippen molar-refractivity contribution in [2.75, 3.05) is 19.6 Å². The zero-order chi connectivity index (χ0) is 10.2. The third-order valence-electron chi connectivity index (χ3n) is 1.54. The second kappa shape index (κ2) is 6.17. The first-order chi connectivity index (χ1) is 6.86. The maximum Gasteiger partial charge on any atom is 0.149 e. The fourth-order valence-electron chi connectivity index (χ4n) is 0.909. The van der Waals surface area contributed by atoms with Gasteiger partial charge in [-0.25, -0.2) is 0 Å². The molecule has 0 spiro atoms. The van der Waals surface area contributed by atoms with Crippen LogP contribution in [0.5, 0.6) is 11.5 Å². The van der Waals surface area contributed by atoms with Gasteiger partial charge in [-0.05, 0) is 12.1 Å². The highest BCUT2D eigenvalue weighted by atomic mass is 35.5. The summed E-state index contributed by atoms with van der Waals surface area (Å²) in [5, 5.41) is 0. The number of ether oxygens (including phenoxy) is 2. The van der Waals surface area contributed by atoms with Gasteiger partial charge in [-0.15, -0.1) is 11.6 Å². The zero-order valence-electron chi connectivity index (χ0n) is 7.92. The monoisotopic (exact) mass is 210 g/mol. The van der Waals surface area contributed by atoms with E-state index in [4.69, 9.17) is 21.1 Å². The van der Waals surface area contributed by atoms with Crippen molar-refractivity contribution in [3.63, 3.8) is 0 Å². The average molecular weight is 211 g/mol. The lowest BCUT2D eigenvalue weighted by atomic mass is 10.3. The lowest BCUT2D eigenvalue weighted by molar-refractivity contribution is 0.363. The standard InChI is InChI=1S/C11H11ClO2/c1-13-10-5-4-6-11(9-10)14-8-3-2-7-12/h4-6,9H,7-8H2,1H3. The summed E-state index contributed by atoms with van der Waals surface area (Å²) in [6, 6.07) is 7.38. The number of benzene rings is 1. The number of hydrogen-bond donors (Lipinski definition) is 0. The second-order valence-corrected chi connectivity index (χ2v) is 2.72. The summed E-state index contributed by atoms with van der Waals surface area (Å²) in [5.74, 6) is 7.33. The molecule has 1 aromatic carbocycles. The van der Waals surface area contributed by atoms with E-state index in [1.54, 1.807) is 7.11 Å². The van der Waals surface area contributed by atoms with Crippen LogP contribution in [0.1, 0.15) is 0 Å². The molecule has 0 saturated carbocycles. The minimum Gasteiger partial charge on any atom is -0.497 e. The maximum absolute atomic E-state index is 5.38. The summed E-state index contributed by atoms with van der Waals surface area (Å²) in [4.78, 5) is 0. The molecule has 0 aromatic heterocycles. The molecule has 0 saturated heterocycles. The first-order valence-electron chi connectivity index (χ1n) is 4.15. The van der Waals surface area contributed by atoms with Gasteiger partial charge in [0.05, 0.1) is 13.0 Å². The van der Waals surface area contributed by atoms with Crippen LogP contribution in [-0.2, 0) is 0 Å². The molecule has 0 heterocycles. The molecule has 0 N–H and O–H groups in total. The van der Waals surface area contributed by atoms with Crippen LogP contribution in [0.3, 0.4) is 0 Å². The van der Waals surface area contributed by atoms with E-state index in [1.807, 2.05) is 24.3 Å². The van der Waals surface area contributed by atoms with Crippen molar-refractivity contribution in [3.8, 4) is 23.3 Å². The van der Waals surface area contributed by atoms with Crippen molar-refractivity contribution in [3.05, 3.63) is 24.3 Å². The normalized spacial score (nSPS) is 8.71. The first-order valence-corrected chi connectivity index (χ1v) is 4.69. The molecule has 0 fully saturated rings. The second-order valence-electron chi connectivity index (χ2n) is 2.45. The Balaban J connectivity index is 2.50. The van der Waals surface area contributed by atoms with Crippen molar-refractivity contribution in [1.82, 2.24) is 0 Å². The molecule has 14 heavy (non-hydrogen) atoms. The molecule has 1 rings (SSSR count). The van der Waals surface area contributed by atoms with Gasteiger partial charge in [-0.2, -0.15) is 0 Å². The van der Waals surface area contributed by atoms with Crippen LogP contribution < -0.4 is 9.47 Å². The van der Waals surface area contributed by atoms with Gasteiger partial charge < -0.3 is 9.47 Å². The predicted molar refractivity (Wildman–Crippen MR) is 57.0 cm³/mol. The van der Waals surface area contributed by atoms with E-state index >= 15 is 0 Å². The van der Waals surface area contributed by atoms with Gasteiger partial charge in [0.1, 0.15) is 18.1 Å². The van der Waals surface area contributed by atoms with Crippen molar-refractivity contribution in [1.29, 1.82) is 0 Å². The highest BCUT2D eigenvalue weighted by Gasteiger charge is 1.94. The van der Waals surface area contributed by atoms with Gasteiger partial charge >= 0.3 is 0 Å². The molecule has 0 bridgehead atoms. The molecule has 1 aromatic rings. The molecular formula is C11H11ClO2. The SMILES string of the molecule is COc1cccc(OCC#CCCl)c1. The summed E-state index contributed by atoms with van der Waals surface area (Å²) < 4.78 is 10.4. The molecular weight excluding hydrogens is 200 g/mol. The third-order valence-corrected chi connectivity index (χ3v) is 1.68. The van der Waals surface area contributed by atoms with E-state index < -0.39 is 0 Å². The first kappa shape index (κ1) is 10.7. The van der Waals surface area contributed by atoms with Gasteiger partial charge in [0.2, 0.25) is 0 Å². The number of methoxy groups -OCH3 is 1. The molecule has 0 aliphatic heterocycles. The number of halogens is 1. The summed E-state index contributed by atoms with van der Waals surface area (Å²) >= 11 is 5.38. The average Bonchev–Trinajstić information content (AvgIpc) is 2.25. The van der Waals surface area contributed by atoms with Crippen LogP contribution in [0.2, 0.25) is 0 Å². The van der Waals surface area contributed by atoms with Crippen LogP contribution in [0.4, 0.5) is 0 Å². The van der Waals surface area contributed by atoms with Crippen molar-refractivity contribution >= 4 is 11.6 Å². The number of hydrogen-bond acceptors (Lipinski definition) is 2.